The molecule has 0 radical (unpaired) electrons. The summed E-state index contributed by atoms with van der Waals surface area (Å²) in [5.74, 6) is -0.162. The second-order valence-corrected chi connectivity index (χ2v) is 2.82. The molecule has 0 aromatic carbocycles. The molecule has 1 aromatic rings. The average Bonchev–Trinajstić information content (AvgIpc) is 2.17. The van der Waals surface area contributed by atoms with Gasteiger partial charge in [0.1, 0.15) is 5.82 Å². The third kappa shape index (κ3) is 3.27. The van der Waals surface area contributed by atoms with E-state index in [1.807, 2.05) is 0 Å². The van der Waals surface area contributed by atoms with Crippen LogP contribution in [0.2, 0.25) is 0 Å². The van der Waals surface area contributed by atoms with E-state index in [0.717, 1.165) is 0 Å². The van der Waals surface area contributed by atoms with Crippen molar-refractivity contribution in [2.75, 3.05) is 25.6 Å². The first-order valence-corrected chi connectivity index (χ1v) is 4.25. The minimum absolute atomic E-state index is 0.0912. The van der Waals surface area contributed by atoms with E-state index < -0.39 is 5.95 Å². The van der Waals surface area contributed by atoms with Crippen LogP contribution in [0.5, 0.6) is 0 Å². The number of nitrogens with one attached hydrogen (secondary N) is 1. The highest BCUT2D eigenvalue weighted by Crippen LogP contribution is 2.05. The summed E-state index contributed by atoms with van der Waals surface area (Å²) in [4.78, 5) is 3.60. The molecule has 2 N–H and O–H groups in total. The van der Waals surface area contributed by atoms with E-state index >= 15 is 0 Å². The van der Waals surface area contributed by atoms with Crippen molar-refractivity contribution in [3.63, 3.8) is 0 Å². The summed E-state index contributed by atoms with van der Waals surface area (Å²) < 4.78 is 17.5. The zero-order chi connectivity index (χ0) is 10.4. The van der Waals surface area contributed by atoms with Gasteiger partial charge in [-0.05, 0) is 12.1 Å². The predicted molar refractivity (Wildman–Crippen MR) is 50.6 cm³/mol. The number of aliphatic hydroxyl groups is 1. The van der Waals surface area contributed by atoms with E-state index in [1.54, 1.807) is 12.1 Å². The first kappa shape index (κ1) is 10.9. The van der Waals surface area contributed by atoms with Crippen molar-refractivity contribution in [2.24, 2.45) is 0 Å². The number of rotatable bonds is 5. The van der Waals surface area contributed by atoms with Crippen LogP contribution in [0.3, 0.4) is 0 Å². The highest BCUT2D eigenvalue weighted by atomic mass is 19.1. The second kappa shape index (κ2) is 5.51. The number of anilines is 1. The minimum Gasteiger partial charge on any atom is -0.394 e. The third-order valence-electron chi connectivity index (χ3n) is 1.66. The maximum absolute atomic E-state index is 12.7. The van der Waals surface area contributed by atoms with E-state index in [1.165, 1.54) is 13.2 Å². The lowest BCUT2D eigenvalue weighted by atomic mass is 10.3. The van der Waals surface area contributed by atoms with Crippen molar-refractivity contribution < 1.29 is 14.2 Å². The fourth-order valence-corrected chi connectivity index (χ4v) is 1.04. The smallest absolute Gasteiger partial charge is 0.214 e. The fraction of sp³-hybridized carbons (Fsp3) is 0.444. The third-order valence-corrected chi connectivity index (χ3v) is 1.66. The maximum atomic E-state index is 12.7. The number of nitrogens with zero attached hydrogens (tertiary/aromatic N) is 1. The first-order chi connectivity index (χ1) is 6.76. The van der Waals surface area contributed by atoms with Gasteiger partial charge in [-0.3, -0.25) is 0 Å². The number of hydrogen-bond donors (Lipinski definition) is 2. The zero-order valence-corrected chi connectivity index (χ0v) is 7.90. The number of hydrogen-bond acceptors (Lipinski definition) is 4. The number of ether oxygens (including phenoxy) is 1. The summed E-state index contributed by atoms with van der Waals surface area (Å²) in [6.45, 7) is 0.251. The molecule has 0 bridgehead atoms. The van der Waals surface area contributed by atoms with Crippen molar-refractivity contribution in [3.05, 3.63) is 24.1 Å². The Morgan fingerprint density at radius 2 is 2.43 bits per heavy atom. The van der Waals surface area contributed by atoms with Gasteiger partial charge in [0.05, 0.1) is 19.3 Å². The standard InChI is InChI=1S/C9H13FN2O2/c1-14-6-7(5-13)11-9-4-2-3-8(10)12-9/h2-4,7,13H,5-6H2,1H3,(H,11,12). The van der Waals surface area contributed by atoms with Gasteiger partial charge in [0.2, 0.25) is 5.95 Å². The molecular weight excluding hydrogens is 187 g/mol. The minimum atomic E-state index is -0.552. The van der Waals surface area contributed by atoms with Crippen LogP contribution >= 0.6 is 0 Å². The van der Waals surface area contributed by atoms with Crippen molar-refractivity contribution in [2.45, 2.75) is 6.04 Å². The Balaban J connectivity index is 2.57. The zero-order valence-electron chi connectivity index (χ0n) is 7.90. The van der Waals surface area contributed by atoms with E-state index in [0.29, 0.717) is 12.4 Å². The van der Waals surface area contributed by atoms with Crippen LogP contribution in [-0.4, -0.2) is 36.5 Å². The van der Waals surface area contributed by atoms with Gasteiger partial charge in [-0.1, -0.05) is 6.07 Å². The Bertz CT molecular complexity index is 283. The predicted octanol–water partition coefficient (Wildman–Crippen LogP) is 0.640. The quantitative estimate of drug-likeness (QED) is 0.685. The van der Waals surface area contributed by atoms with E-state index in [2.05, 4.69) is 10.3 Å². The summed E-state index contributed by atoms with van der Waals surface area (Å²) in [5, 5.41) is 11.8. The number of halogens is 1. The van der Waals surface area contributed by atoms with Gasteiger partial charge in [0.25, 0.3) is 0 Å². The molecule has 0 aliphatic carbocycles. The van der Waals surface area contributed by atoms with Crippen LogP contribution in [-0.2, 0) is 4.74 Å². The largest absolute Gasteiger partial charge is 0.394 e. The monoisotopic (exact) mass is 200 g/mol. The molecular formula is C9H13FN2O2. The molecule has 1 heterocycles. The van der Waals surface area contributed by atoms with E-state index in [9.17, 15) is 4.39 Å². The second-order valence-electron chi connectivity index (χ2n) is 2.82. The number of aliphatic hydroxyl groups excluding tert-OH is 1. The van der Waals surface area contributed by atoms with Crippen LogP contribution in [0.1, 0.15) is 0 Å². The number of methoxy groups -OCH3 is 1. The molecule has 0 aliphatic rings. The molecule has 0 aliphatic heterocycles. The number of aromatic nitrogens is 1. The average molecular weight is 200 g/mol. The maximum Gasteiger partial charge on any atom is 0.214 e. The van der Waals surface area contributed by atoms with Crippen molar-refractivity contribution in [3.8, 4) is 0 Å². The van der Waals surface area contributed by atoms with Crippen LogP contribution in [0, 0.1) is 5.95 Å². The van der Waals surface area contributed by atoms with Crippen molar-refractivity contribution >= 4 is 5.82 Å². The number of pyridine rings is 1. The molecule has 1 rings (SSSR count). The Morgan fingerprint density at radius 3 is 3.00 bits per heavy atom. The molecule has 5 heteroatoms. The molecule has 14 heavy (non-hydrogen) atoms. The molecule has 0 spiro atoms. The lowest BCUT2D eigenvalue weighted by molar-refractivity contribution is 0.153. The Labute approximate surface area is 81.7 Å². The Morgan fingerprint density at radius 1 is 1.64 bits per heavy atom. The topological polar surface area (TPSA) is 54.4 Å². The van der Waals surface area contributed by atoms with Crippen molar-refractivity contribution in [1.82, 2.24) is 4.98 Å². The fourth-order valence-electron chi connectivity index (χ4n) is 1.04. The van der Waals surface area contributed by atoms with Gasteiger partial charge in [-0.25, -0.2) is 4.98 Å². The van der Waals surface area contributed by atoms with Crippen LogP contribution in [0.15, 0.2) is 18.2 Å². The van der Waals surface area contributed by atoms with E-state index in [4.69, 9.17) is 9.84 Å². The van der Waals surface area contributed by atoms with Gasteiger partial charge in [-0.15, -0.1) is 0 Å². The molecule has 0 amide bonds. The summed E-state index contributed by atoms with van der Waals surface area (Å²) in [5.41, 5.74) is 0. The van der Waals surface area contributed by atoms with Gasteiger partial charge in [-0.2, -0.15) is 4.39 Å². The SMILES string of the molecule is COCC(CO)Nc1cccc(F)n1. The van der Waals surface area contributed by atoms with Crippen LogP contribution in [0.4, 0.5) is 10.2 Å². The Kier molecular flexibility index (Phi) is 4.28. The lowest BCUT2D eigenvalue weighted by Crippen LogP contribution is -2.29. The summed E-state index contributed by atoms with van der Waals surface area (Å²) in [7, 11) is 1.53. The molecule has 1 unspecified atom stereocenters. The molecule has 1 aromatic heterocycles. The van der Waals surface area contributed by atoms with Crippen LogP contribution in [0.25, 0.3) is 0 Å². The molecule has 4 nitrogen and oxygen atoms in total. The summed E-state index contributed by atoms with van der Waals surface area (Å²) in [6.07, 6.45) is 0. The molecule has 1 atom stereocenters. The normalized spacial score (nSPS) is 12.5. The molecule has 0 saturated heterocycles. The van der Waals surface area contributed by atoms with Gasteiger partial charge in [0, 0.05) is 7.11 Å². The molecule has 0 saturated carbocycles. The van der Waals surface area contributed by atoms with Crippen LogP contribution < -0.4 is 5.32 Å². The van der Waals surface area contributed by atoms with E-state index in [-0.39, 0.29) is 12.6 Å². The van der Waals surface area contributed by atoms with Gasteiger partial charge < -0.3 is 15.2 Å². The van der Waals surface area contributed by atoms with Gasteiger partial charge >= 0.3 is 0 Å². The summed E-state index contributed by atoms with van der Waals surface area (Å²) in [6, 6.07) is 4.16. The molecule has 78 valence electrons. The van der Waals surface area contributed by atoms with Gasteiger partial charge in [0.15, 0.2) is 0 Å². The van der Waals surface area contributed by atoms with Crippen molar-refractivity contribution in [1.29, 1.82) is 0 Å². The highest BCUT2D eigenvalue weighted by Gasteiger charge is 2.07. The first-order valence-electron chi connectivity index (χ1n) is 4.25. The summed E-state index contributed by atoms with van der Waals surface area (Å²) >= 11 is 0. The lowest BCUT2D eigenvalue weighted by Gasteiger charge is -2.15. The highest BCUT2D eigenvalue weighted by molar-refractivity contribution is 5.34. The molecule has 0 fully saturated rings. The Hall–Kier alpha value is -1.20.